The molecule has 3 aromatic rings. The minimum Gasteiger partial charge on any atom is -0.285 e. The second kappa shape index (κ2) is 7.34. The Labute approximate surface area is 168 Å². The van der Waals surface area contributed by atoms with E-state index in [2.05, 4.69) is 20.5 Å². The summed E-state index contributed by atoms with van der Waals surface area (Å²) in [4.78, 5) is 27.9. The smallest absolute Gasteiger partial charge is 0.285 e. The minimum atomic E-state index is -0.356. The van der Waals surface area contributed by atoms with Gasteiger partial charge in [-0.15, -0.1) is 0 Å². The zero-order valence-electron chi connectivity index (χ0n) is 13.8. The molecule has 1 fully saturated rings. The Bertz CT molecular complexity index is 1100. The number of hydrogen-bond donors (Lipinski definition) is 2. The number of aromatic amines is 1. The summed E-state index contributed by atoms with van der Waals surface area (Å²) in [5.74, 6) is -0.356. The van der Waals surface area contributed by atoms with Crippen LogP contribution in [0.2, 0.25) is 10.0 Å². The summed E-state index contributed by atoms with van der Waals surface area (Å²) in [6, 6.07) is 5.60. The van der Waals surface area contributed by atoms with Crippen LogP contribution in [0.3, 0.4) is 0 Å². The van der Waals surface area contributed by atoms with E-state index in [1.54, 1.807) is 24.5 Å². The summed E-state index contributed by atoms with van der Waals surface area (Å²) in [6.07, 6.45) is 6.41. The van der Waals surface area contributed by atoms with Gasteiger partial charge in [0.05, 0.1) is 26.7 Å². The SMILES string of the molecule is O=C1NC(=O)C(=CCCc2cc(-c3cn[nH]c3)c3ccc(Cl)c(Cl)c3n2)S1. The molecule has 0 atom stereocenters. The number of nitrogens with one attached hydrogen (secondary N) is 2. The first-order valence-electron chi connectivity index (χ1n) is 8.03. The van der Waals surface area contributed by atoms with Crippen molar-refractivity contribution in [1.29, 1.82) is 0 Å². The number of nitrogens with zero attached hydrogens (tertiary/aromatic N) is 2. The van der Waals surface area contributed by atoms with E-state index in [0.29, 0.717) is 33.3 Å². The molecular weight excluding hydrogens is 407 g/mol. The third-order valence-electron chi connectivity index (χ3n) is 4.11. The van der Waals surface area contributed by atoms with Gasteiger partial charge in [0.2, 0.25) is 0 Å². The maximum Gasteiger partial charge on any atom is 0.290 e. The van der Waals surface area contributed by atoms with Gasteiger partial charge in [-0.2, -0.15) is 5.10 Å². The molecule has 4 rings (SSSR count). The number of carbonyl (C=O) groups excluding carboxylic acids is 2. The minimum absolute atomic E-state index is 0.348. The Morgan fingerprint density at radius 1 is 1.22 bits per heavy atom. The Morgan fingerprint density at radius 2 is 2.07 bits per heavy atom. The number of halogens is 2. The van der Waals surface area contributed by atoms with Crippen LogP contribution < -0.4 is 5.32 Å². The molecule has 1 saturated heterocycles. The van der Waals surface area contributed by atoms with Gasteiger partial charge in [-0.05, 0) is 42.3 Å². The molecule has 0 radical (unpaired) electrons. The molecule has 0 aliphatic carbocycles. The third kappa shape index (κ3) is 3.58. The van der Waals surface area contributed by atoms with Gasteiger partial charge in [0.1, 0.15) is 0 Å². The average Bonchev–Trinajstić information content (AvgIpc) is 3.28. The van der Waals surface area contributed by atoms with E-state index < -0.39 is 0 Å². The molecule has 0 bridgehead atoms. The van der Waals surface area contributed by atoms with Gasteiger partial charge >= 0.3 is 0 Å². The molecule has 1 aliphatic rings. The second-order valence-electron chi connectivity index (χ2n) is 5.86. The molecule has 2 amide bonds. The number of H-pyrrole nitrogens is 1. The van der Waals surface area contributed by atoms with Gasteiger partial charge in [0.25, 0.3) is 11.1 Å². The fraction of sp³-hybridized carbons (Fsp3) is 0.111. The highest BCUT2D eigenvalue weighted by molar-refractivity contribution is 8.18. The highest BCUT2D eigenvalue weighted by Gasteiger charge is 2.24. The van der Waals surface area contributed by atoms with Gasteiger partial charge in [0.15, 0.2) is 0 Å². The number of benzene rings is 1. The predicted octanol–water partition coefficient (Wildman–Crippen LogP) is 4.73. The van der Waals surface area contributed by atoms with Crippen LogP contribution in [0.25, 0.3) is 22.0 Å². The lowest BCUT2D eigenvalue weighted by Gasteiger charge is -2.10. The normalized spacial score (nSPS) is 15.7. The van der Waals surface area contributed by atoms with Crippen molar-refractivity contribution >= 4 is 57.0 Å². The van der Waals surface area contributed by atoms with Crippen molar-refractivity contribution in [2.75, 3.05) is 0 Å². The first-order chi connectivity index (χ1) is 13.0. The highest BCUT2D eigenvalue weighted by atomic mass is 35.5. The van der Waals surface area contributed by atoms with Crippen molar-refractivity contribution in [2.45, 2.75) is 12.8 Å². The molecule has 6 nitrogen and oxygen atoms in total. The highest BCUT2D eigenvalue weighted by Crippen LogP contribution is 2.35. The Hall–Kier alpha value is -2.35. The van der Waals surface area contributed by atoms with Crippen LogP contribution in [0.15, 0.2) is 41.6 Å². The molecule has 0 unspecified atom stereocenters. The maximum atomic E-state index is 11.6. The third-order valence-corrected chi connectivity index (χ3v) is 5.76. The van der Waals surface area contributed by atoms with Crippen LogP contribution in [0.4, 0.5) is 4.79 Å². The summed E-state index contributed by atoms with van der Waals surface area (Å²) in [6.45, 7) is 0. The number of aryl methyl sites for hydroxylation is 1. The van der Waals surface area contributed by atoms with Crippen LogP contribution in [0.5, 0.6) is 0 Å². The molecule has 0 saturated carbocycles. The number of allylic oxidation sites excluding steroid dienone is 1. The first kappa shape index (κ1) is 18.0. The van der Waals surface area contributed by atoms with E-state index in [1.807, 2.05) is 12.1 Å². The van der Waals surface area contributed by atoms with Crippen LogP contribution in [-0.2, 0) is 11.2 Å². The molecule has 3 heterocycles. The van der Waals surface area contributed by atoms with E-state index >= 15 is 0 Å². The lowest BCUT2D eigenvalue weighted by Crippen LogP contribution is -2.17. The van der Waals surface area contributed by atoms with Crippen LogP contribution >= 0.6 is 35.0 Å². The predicted molar refractivity (Wildman–Crippen MR) is 107 cm³/mol. The quantitative estimate of drug-likeness (QED) is 0.597. The summed E-state index contributed by atoms with van der Waals surface area (Å²) in [5.41, 5.74) is 3.28. The number of aromatic nitrogens is 3. The van der Waals surface area contributed by atoms with Crippen molar-refractivity contribution in [1.82, 2.24) is 20.5 Å². The van der Waals surface area contributed by atoms with Gasteiger partial charge < -0.3 is 0 Å². The maximum absolute atomic E-state index is 11.6. The monoisotopic (exact) mass is 418 g/mol. The number of thioether (sulfide) groups is 1. The van der Waals surface area contributed by atoms with Crippen molar-refractivity contribution in [3.05, 3.63) is 57.3 Å². The number of hydrogen-bond acceptors (Lipinski definition) is 5. The van der Waals surface area contributed by atoms with Crippen LogP contribution in [0, 0.1) is 0 Å². The molecule has 9 heteroatoms. The summed E-state index contributed by atoms with van der Waals surface area (Å²) < 4.78 is 0. The molecule has 0 spiro atoms. The fourth-order valence-corrected chi connectivity index (χ4v) is 3.91. The van der Waals surface area contributed by atoms with Gasteiger partial charge in [-0.1, -0.05) is 35.3 Å². The molecule has 2 aromatic heterocycles. The Balaban J connectivity index is 1.71. The number of pyridine rings is 1. The average molecular weight is 419 g/mol. The van der Waals surface area contributed by atoms with Crippen LogP contribution in [0.1, 0.15) is 12.1 Å². The molecular formula is C18H12Cl2N4O2S. The van der Waals surface area contributed by atoms with Gasteiger partial charge in [0, 0.05) is 22.8 Å². The summed E-state index contributed by atoms with van der Waals surface area (Å²) >= 11 is 13.4. The molecule has 1 aromatic carbocycles. The van der Waals surface area contributed by atoms with Gasteiger partial charge in [-0.3, -0.25) is 25.0 Å². The number of carbonyl (C=O) groups is 2. The Kier molecular flexibility index (Phi) is 4.90. The molecule has 2 N–H and O–H groups in total. The summed E-state index contributed by atoms with van der Waals surface area (Å²) in [5, 5.41) is 10.4. The van der Waals surface area contributed by atoms with E-state index in [0.717, 1.165) is 34.0 Å². The number of amides is 2. The van der Waals surface area contributed by atoms with E-state index in [4.69, 9.17) is 23.2 Å². The molecule has 27 heavy (non-hydrogen) atoms. The standard InChI is InChI=1S/C18H12Cl2N4O2S/c19-13-5-4-11-12(9-7-21-22-8-9)6-10(23-16(11)15(13)20)2-1-3-14-17(25)24-18(26)27-14/h3-8H,1-2H2,(H,21,22)(H,24,25,26). The number of rotatable bonds is 4. The van der Waals surface area contributed by atoms with E-state index in [-0.39, 0.29) is 11.1 Å². The van der Waals surface area contributed by atoms with Crippen LogP contribution in [-0.4, -0.2) is 26.3 Å². The summed E-state index contributed by atoms with van der Waals surface area (Å²) in [7, 11) is 0. The topological polar surface area (TPSA) is 87.7 Å². The van der Waals surface area contributed by atoms with Crippen molar-refractivity contribution < 1.29 is 9.59 Å². The van der Waals surface area contributed by atoms with Crippen molar-refractivity contribution in [3.63, 3.8) is 0 Å². The zero-order valence-corrected chi connectivity index (χ0v) is 16.1. The lowest BCUT2D eigenvalue weighted by molar-refractivity contribution is -0.115. The molecule has 1 aliphatic heterocycles. The number of fused-ring (bicyclic) bond motifs is 1. The van der Waals surface area contributed by atoms with Gasteiger partial charge in [-0.25, -0.2) is 0 Å². The van der Waals surface area contributed by atoms with Crippen molar-refractivity contribution in [2.24, 2.45) is 0 Å². The number of imide groups is 1. The van der Waals surface area contributed by atoms with E-state index in [1.165, 1.54) is 0 Å². The fourth-order valence-electron chi connectivity index (χ4n) is 2.86. The van der Waals surface area contributed by atoms with E-state index in [9.17, 15) is 9.59 Å². The lowest BCUT2D eigenvalue weighted by atomic mass is 10.0. The Morgan fingerprint density at radius 3 is 2.78 bits per heavy atom. The second-order valence-corrected chi connectivity index (χ2v) is 7.66. The zero-order chi connectivity index (χ0) is 19.0. The molecule has 136 valence electrons. The first-order valence-corrected chi connectivity index (χ1v) is 9.60. The largest absolute Gasteiger partial charge is 0.290 e. The van der Waals surface area contributed by atoms with Crippen molar-refractivity contribution in [3.8, 4) is 11.1 Å².